The minimum absolute atomic E-state index is 0.136. The van der Waals surface area contributed by atoms with Crippen molar-refractivity contribution in [1.29, 1.82) is 0 Å². The van der Waals surface area contributed by atoms with Crippen LogP contribution in [0.1, 0.15) is 11.7 Å². The van der Waals surface area contributed by atoms with Gasteiger partial charge in [0.15, 0.2) is 5.82 Å². The van der Waals surface area contributed by atoms with Crippen LogP contribution in [0.15, 0.2) is 28.9 Å². The molecule has 0 spiro atoms. The van der Waals surface area contributed by atoms with Crippen molar-refractivity contribution in [1.82, 2.24) is 20.1 Å². The van der Waals surface area contributed by atoms with Crippen molar-refractivity contribution in [2.24, 2.45) is 0 Å². The summed E-state index contributed by atoms with van der Waals surface area (Å²) in [5.74, 6) is 2.47. The van der Waals surface area contributed by atoms with Gasteiger partial charge in [0, 0.05) is 32.9 Å². The van der Waals surface area contributed by atoms with E-state index in [2.05, 4.69) is 25.0 Å². The number of likely N-dealkylation sites (N-methyl/N-ethyl adjacent to an activating group) is 1. The van der Waals surface area contributed by atoms with Gasteiger partial charge in [-0.1, -0.05) is 0 Å². The fourth-order valence-corrected chi connectivity index (χ4v) is 2.60. The summed E-state index contributed by atoms with van der Waals surface area (Å²) in [4.78, 5) is 8.64. The molecule has 1 saturated heterocycles. The van der Waals surface area contributed by atoms with E-state index in [4.69, 9.17) is 9.15 Å². The highest BCUT2D eigenvalue weighted by atomic mass is 16.5. The first-order valence-electron chi connectivity index (χ1n) is 7.45. The Morgan fingerprint density at radius 2 is 2.36 bits per heavy atom. The summed E-state index contributed by atoms with van der Waals surface area (Å²) in [6.07, 6.45) is 3.57. The largest absolute Gasteiger partial charge is 0.445 e. The normalized spacial score (nSPS) is 19.3. The summed E-state index contributed by atoms with van der Waals surface area (Å²) >= 11 is 0. The maximum Gasteiger partial charge on any atom is 0.208 e. The lowest BCUT2D eigenvalue weighted by Gasteiger charge is -2.34. The molecular formula is C15H21N5O2. The molecule has 2 aromatic heterocycles. The number of hydrogen-bond acceptors (Lipinski definition) is 7. The van der Waals surface area contributed by atoms with Gasteiger partial charge >= 0.3 is 0 Å². The summed E-state index contributed by atoms with van der Waals surface area (Å²) in [5, 5.41) is 8.02. The Morgan fingerprint density at radius 1 is 1.45 bits per heavy atom. The van der Waals surface area contributed by atoms with Crippen molar-refractivity contribution >= 4 is 5.82 Å². The molecule has 0 amide bonds. The highest BCUT2D eigenvalue weighted by molar-refractivity contribution is 5.35. The number of ether oxygens (including phenoxy) is 1. The van der Waals surface area contributed by atoms with E-state index in [1.54, 1.807) is 12.4 Å². The van der Waals surface area contributed by atoms with Gasteiger partial charge in [0.25, 0.3) is 0 Å². The van der Waals surface area contributed by atoms with Crippen molar-refractivity contribution in [3.8, 4) is 0 Å². The Bertz CT molecular complexity index is 589. The second-order valence-corrected chi connectivity index (χ2v) is 5.55. The number of aromatic nitrogens is 3. The molecular weight excluding hydrogens is 282 g/mol. The van der Waals surface area contributed by atoms with E-state index < -0.39 is 0 Å². The second-order valence-electron chi connectivity index (χ2n) is 5.55. The third kappa shape index (κ3) is 3.80. The standard InChI is InChI=1S/C15H21N5O2/c1-12-8-16-15(22-12)11-20-6-7-21-13(10-20)9-19(2)14-4-3-5-17-18-14/h3-5,8,13H,6-7,9-11H2,1-2H3/t13-/m1/s1. The quantitative estimate of drug-likeness (QED) is 0.819. The molecule has 7 heteroatoms. The fourth-order valence-electron chi connectivity index (χ4n) is 2.60. The monoisotopic (exact) mass is 303 g/mol. The van der Waals surface area contributed by atoms with Crippen molar-refractivity contribution < 1.29 is 9.15 Å². The molecule has 0 unspecified atom stereocenters. The maximum absolute atomic E-state index is 5.86. The molecule has 0 radical (unpaired) electrons. The topological polar surface area (TPSA) is 67.5 Å². The molecule has 3 heterocycles. The predicted octanol–water partition coefficient (Wildman–Crippen LogP) is 1.11. The van der Waals surface area contributed by atoms with Crippen molar-refractivity contribution in [3.63, 3.8) is 0 Å². The van der Waals surface area contributed by atoms with E-state index >= 15 is 0 Å². The van der Waals surface area contributed by atoms with Crippen LogP contribution in [0.2, 0.25) is 0 Å². The Morgan fingerprint density at radius 3 is 3.09 bits per heavy atom. The molecule has 1 aliphatic rings. The summed E-state index contributed by atoms with van der Waals surface area (Å²) in [6, 6.07) is 3.83. The Hall–Kier alpha value is -1.99. The van der Waals surface area contributed by atoms with Gasteiger partial charge in [-0.15, -0.1) is 5.10 Å². The molecule has 3 rings (SSSR count). The van der Waals surface area contributed by atoms with Crippen LogP contribution in [0.5, 0.6) is 0 Å². The lowest BCUT2D eigenvalue weighted by molar-refractivity contribution is -0.0288. The first kappa shape index (κ1) is 14.9. The molecule has 0 bridgehead atoms. The van der Waals surface area contributed by atoms with Crippen molar-refractivity contribution in [3.05, 3.63) is 36.2 Å². The van der Waals surface area contributed by atoms with Crippen molar-refractivity contribution in [2.75, 3.05) is 38.2 Å². The molecule has 7 nitrogen and oxygen atoms in total. The van der Waals surface area contributed by atoms with Gasteiger partial charge < -0.3 is 14.1 Å². The number of hydrogen-bond donors (Lipinski definition) is 0. The van der Waals surface area contributed by atoms with Crippen molar-refractivity contribution in [2.45, 2.75) is 19.6 Å². The fraction of sp³-hybridized carbons (Fsp3) is 0.533. The van der Waals surface area contributed by atoms with Crippen LogP contribution in [0.3, 0.4) is 0 Å². The van der Waals surface area contributed by atoms with Gasteiger partial charge in [-0.05, 0) is 19.1 Å². The summed E-state index contributed by atoms with van der Waals surface area (Å²) in [7, 11) is 2.00. The zero-order valence-corrected chi connectivity index (χ0v) is 13.0. The molecule has 118 valence electrons. The van der Waals surface area contributed by atoms with E-state index in [0.29, 0.717) is 0 Å². The molecule has 0 aliphatic carbocycles. The molecule has 1 fully saturated rings. The predicted molar refractivity (Wildman–Crippen MR) is 81.6 cm³/mol. The number of nitrogens with zero attached hydrogens (tertiary/aromatic N) is 5. The Kier molecular flexibility index (Phi) is 4.65. The van der Waals surface area contributed by atoms with Gasteiger partial charge in [0.2, 0.25) is 5.89 Å². The Balaban J connectivity index is 1.54. The van der Waals surface area contributed by atoms with Gasteiger partial charge in [-0.25, -0.2) is 4.98 Å². The van der Waals surface area contributed by atoms with Crippen LogP contribution in [0.4, 0.5) is 5.82 Å². The number of anilines is 1. The highest BCUT2D eigenvalue weighted by Gasteiger charge is 2.23. The van der Waals surface area contributed by atoms with E-state index in [1.165, 1.54) is 0 Å². The summed E-state index contributed by atoms with van der Waals surface area (Å²) < 4.78 is 11.4. The zero-order chi connectivity index (χ0) is 15.4. The molecule has 0 saturated carbocycles. The van der Waals surface area contributed by atoms with E-state index in [0.717, 1.165) is 50.3 Å². The lowest BCUT2D eigenvalue weighted by atomic mass is 10.2. The number of rotatable bonds is 5. The smallest absolute Gasteiger partial charge is 0.208 e. The first-order valence-corrected chi connectivity index (χ1v) is 7.45. The maximum atomic E-state index is 5.86. The minimum Gasteiger partial charge on any atom is -0.445 e. The number of oxazole rings is 1. The molecule has 1 aliphatic heterocycles. The van der Waals surface area contributed by atoms with E-state index in [9.17, 15) is 0 Å². The van der Waals surface area contributed by atoms with Gasteiger partial charge in [-0.2, -0.15) is 5.10 Å². The van der Waals surface area contributed by atoms with E-state index in [1.807, 2.05) is 26.1 Å². The van der Waals surface area contributed by atoms with E-state index in [-0.39, 0.29) is 6.10 Å². The van der Waals surface area contributed by atoms with Crippen LogP contribution in [0, 0.1) is 6.92 Å². The summed E-state index contributed by atoms with van der Waals surface area (Å²) in [5.41, 5.74) is 0. The van der Waals surface area contributed by atoms with Crippen LogP contribution in [0.25, 0.3) is 0 Å². The minimum atomic E-state index is 0.136. The molecule has 2 aromatic rings. The lowest BCUT2D eigenvalue weighted by Crippen LogP contribution is -2.46. The average Bonchev–Trinajstić information content (AvgIpc) is 2.93. The summed E-state index contributed by atoms with van der Waals surface area (Å²) in [6.45, 7) is 5.88. The first-order chi connectivity index (χ1) is 10.7. The number of morpholine rings is 1. The Labute approximate surface area is 129 Å². The van der Waals surface area contributed by atoms with Crippen LogP contribution in [-0.2, 0) is 11.3 Å². The highest BCUT2D eigenvalue weighted by Crippen LogP contribution is 2.13. The van der Waals surface area contributed by atoms with Crippen LogP contribution < -0.4 is 4.90 Å². The van der Waals surface area contributed by atoms with Crippen LogP contribution in [-0.4, -0.2) is 59.5 Å². The molecule has 1 atom stereocenters. The third-order valence-electron chi connectivity index (χ3n) is 3.68. The van der Waals surface area contributed by atoms with Crippen LogP contribution >= 0.6 is 0 Å². The average molecular weight is 303 g/mol. The van der Waals surface area contributed by atoms with Gasteiger partial charge in [0.05, 0.1) is 25.5 Å². The van der Waals surface area contributed by atoms with Gasteiger partial charge in [0.1, 0.15) is 5.76 Å². The zero-order valence-electron chi connectivity index (χ0n) is 13.0. The van der Waals surface area contributed by atoms with Gasteiger partial charge in [-0.3, -0.25) is 4.90 Å². The molecule has 0 N–H and O–H groups in total. The second kappa shape index (κ2) is 6.85. The molecule has 0 aromatic carbocycles. The SMILES string of the molecule is Cc1cnc(CN2CCO[C@H](CN(C)c3cccnn3)C2)o1. The number of aryl methyl sites for hydroxylation is 1. The third-order valence-corrected chi connectivity index (χ3v) is 3.68. The molecule has 22 heavy (non-hydrogen) atoms.